The maximum absolute atomic E-state index is 2.36. The van der Waals surface area contributed by atoms with Crippen molar-refractivity contribution in [3.63, 3.8) is 0 Å². The molecule has 0 unspecified atom stereocenters. The molecule has 0 radical (unpaired) electrons. The van der Waals surface area contributed by atoms with Gasteiger partial charge in [0.2, 0.25) is 0 Å². The predicted octanol–water partition coefficient (Wildman–Crippen LogP) is 1.91. The van der Waals surface area contributed by atoms with Gasteiger partial charge in [0.05, 0.1) is 0 Å². The summed E-state index contributed by atoms with van der Waals surface area (Å²) in [6.07, 6.45) is 7.44. The molecule has 1 rings (SSSR count). The van der Waals surface area contributed by atoms with E-state index in [9.17, 15) is 0 Å². The van der Waals surface area contributed by atoms with Gasteiger partial charge in [-0.05, 0) is 0 Å². The molecule has 1 fully saturated rings. The van der Waals surface area contributed by atoms with Crippen molar-refractivity contribution >= 4 is 17.7 Å². The van der Waals surface area contributed by atoms with Gasteiger partial charge in [-0.25, -0.2) is 0 Å². The molecule has 0 aromatic heterocycles. The van der Waals surface area contributed by atoms with Gasteiger partial charge >= 0.3 is 54.4 Å². The minimum atomic E-state index is 1.04. The molecule has 0 nitrogen and oxygen atoms in total. The average Bonchev–Trinajstić information content (AvgIpc) is 1.69. The first kappa shape index (κ1) is 5.73. The Morgan fingerprint density at radius 1 is 1.00 bits per heavy atom. The maximum atomic E-state index is 2.36. The SMILES string of the molecule is [Li][CH]1CCCCC1. The van der Waals surface area contributed by atoms with Crippen molar-refractivity contribution in [3.05, 3.63) is 0 Å². The summed E-state index contributed by atoms with van der Waals surface area (Å²) in [5.74, 6) is 0. The molecule has 0 aromatic rings. The summed E-state index contributed by atoms with van der Waals surface area (Å²) in [5.41, 5.74) is 0. The van der Waals surface area contributed by atoms with Gasteiger partial charge in [0, 0.05) is 0 Å². The van der Waals surface area contributed by atoms with E-state index in [1.165, 1.54) is 32.1 Å². The zero-order valence-corrected chi connectivity index (χ0v) is 5.11. The Labute approximate surface area is 54.9 Å². The molecule has 0 N–H and O–H groups in total. The molecular weight excluding hydrogens is 79.0 g/mol. The molecule has 0 aromatic carbocycles. The van der Waals surface area contributed by atoms with E-state index in [1.54, 1.807) is 0 Å². The number of hydrogen-bond donors (Lipinski definition) is 0. The molecule has 36 valence electrons. The third kappa shape index (κ3) is 1.89. The van der Waals surface area contributed by atoms with Crippen LogP contribution >= 0.6 is 0 Å². The molecule has 1 saturated carbocycles. The van der Waals surface area contributed by atoms with E-state index in [0.29, 0.717) is 0 Å². The third-order valence-electron chi connectivity index (χ3n) is 1.89. The first-order valence-electron chi connectivity index (χ1n) is 3.39. The molecule has 0 aliphatic heterocycles. The van der Waals surface area contributed by atoms with E-state index in [2.05, 4.69) is 17.7 Å². The molecule has 7 heavy (non-hydrogen) atoms. The van der Waals surface area contributed by atoms with Crippen molar-refractivity contribution in [3.8, 4) is 0 Å². The topological polar surface area (TPSA) is 0 Å². The van der Waals surface area contributed by atoms with Crippen LogP contribution in [0.4, 0.5) is 0 Å². The second kappa shape index (κ2) is 2.80. The summed E-state index contributed by atoms with van der Waals surface area (Å²) >= 11 is 2.36. The predicted molar refractivity (Wildman–Crippen MR) is 32.6 cm³/mol. The van der Waals surface area contributed by atoms with Crippen molar-refractivity contribution in [2.24, 2.45) is 0 Å². The fourth-order valence-electron chi connectivity index (χ4n) is 1.31. The van der Waals surface area contributed by atoms with Gasteiger partial charge in [-0.15, -0.1) is 0 Å². The van der Waals surface area contributed by atoms with E-state index in [-0.39, 0.29) is 0 Å². The van der Waals surface area contributed by atoms with E-state index in [1.807, 2.05) is 0 Å². The Morgan fingerprint density at radius 2 is 1.57 bits per heavy atom. The van der Waals surface area contributed by atoms with E-state index >= 15 is 0 Å². The van der Waals surface area contributed by atoms with Gasteiger partial charge in [0.15, 0.2) is 0 Å². The Morgan fingerprint density at radius 3 is 1.86 bits per heavy atom. The van der Waals surface area contributed by atoms with Gasteiger partial charge in [-0.3, -0.25) is 0 Å². The van der Waals surface area contributed by atoms with Crippen LogP contribution in [0.5, 0.6) is 0 Å². The Bertz CT molecular complexity index is 46.1. The van der Waals surface area contributed by atoms with Crippen LogP contribution in [-0.2, 0) is 0 Å². The molecular formula is C6H11Li. The molecule has 0 amide bonds. The quantitative estimate of drug-likeness (QED) is 0.398. The molecule has 0 atom stereocenters. The fourth-order valence-corrected chi connectivity index (χ4v) is 1.31. The first-order chi connectivity index (χ1) is 3.39. The summed E-state index contributed by atoms with van der Waals surface area (Å²) in [4.78, 5) is 0. The van der Waals surface area contributed by atoms with Gasteiger partial charge in [-0.2, -0.15) is 0 Å². The minimum absolute atomic E-state index is 1.04. The van der Waals surface area contributed by atoms with Crippen molar-refractivity contribution in [2.75, 3.05) is 0 Å². The summed E-state index contributed by atoms with van der Waals surface area (Å²) in [7, 11) is 0. The van der Waals surface area contributed by atoms with Crippen molar-refractivity contribution < 1.29 is 0 Å². The molecule has 1 heteroatoms. The van der Waals surface area contributed by atoms with Crippen LogP contribution in [0.15, 0.2) is 0 Å². The monoisotopic (exact) mass is 90.1 g/mol. The van der Waals surface area contributed by atoms with Crippen molar-refractivity contribution in [2.45, 2.75) is 36.7 Å². The average molecular weight is 90.1 g/mol. The van der Waals surface area contributed by atoms with E-state index < -0.39 is 0 Å². The van der Waals surface area contributed by atoms with E-state index in [4.69, 9.17) is 0 Å². The Hall–Kier alpha value is 0.597. The van der Waals surface area contributed by atoms with E-state index in [0.717, 1.165) is 4.59 Å². The summed E-state index contributed by atoms with van der Waals surface area (Å²) in [5, 5.41) is 0. The zero-order chi connectivity index (χ0) is 5.11. The Balaban J connectivity index is 2.12. The zero-order valence-electron chi connectivity index (χ0n) is 5.11. The van der Waals surface area contributed by atoms with Crippen molar-refractivity contribution in [1.29, 1.82) is 0 Å². The summed E-state index contributed by atoms with van der Waals surface area (Å²) in [6.45, 7) is 0. The second-order valence-electron chi connectivity index (χ2n) is 2.74. The molecule has 0 bridgehead atoms. The molecule has 0 heterocycles. The Kier molecular flexibility index (Phi) is 2.29. The number of rotatable bonds is 0. The third-order valence-corrected chi connectivity index (χ3v) is 1.89. The van der Waals surface area contributed by atoms with Gasteiger partial charge in [0.1, 0.15) is 0 Å². The van der Waals surface area contributed by atoms with Gasteiger partial charge in [-0.1, -0.05) is 0 Å². The van der Waals surface area contributed by atoms with Crippen LogP contribution < -0.4 is 0 Å². The molecule has 0 saturated heterocycles. The summed E-state index contributed by atoms with van der Waals surface area (Å²) in [6, 6.07) is 0. The molecule has 1 aliphatic rings. The normalized spacial score (nSPS) is 25.4. The van der Waals surface area contributed by atoms with Crippen LogP contribution in [0.2, 0.25) is 4.59 Å². The van der Waals surface area contributed by atoms with Crippen LogP contribution in [0.25, 0.3) is 0 Å². The van der Waals surface area contributed by atoms with Crippen LogP contribution in [0.3, 0.4) is 0 Å². The number of hydrogen-bond acceptors (Lipinski definition) is 0. The van der Waals surface area contributed by atoms with Gasteiger partial charge < -0.3 is 0 Å². The molecule has 0 spiro atoms. The molecule has 1 aliphatic carbocycles. The fraction of sp³-hybridized carbons (Fsp3) is 1.00. The van der Waals surface area contributed by atoms with Crippen molar-refractivity contribution in [1.82, 2.24) is 0 Å². The second-order valence-corrected chi connectivity index (χ2v) is 2.74. The first-order valence-corrected chi connectivity index (χ1v) is 3.39. The van der Waals surface area contributed by atoms with Crippen LogP contribution in [0, 0.1) is 0 Å². The van der Waals surface area contributed by atoms with Gasteiger partial charge in [0.25, 0.3) is 0 Å². The van der Waals surface area contributed by atoms with Crippen LogP contribution in [0.1, 0.15) is 32.1 Å². The standard InChI is InChI=1S/C6H11.Li/c1-2-4-6-5-3-1;/h1H,2-6H2;. The van der Waals surface area contributed by atoms with Crippen LogP contribution in [-0.4, -0.2) is 17.7 Å². The summed E-state index contributed by atoms with van der Waals surface area (Å²) < 4.78 is 1.04.